The van der Waals surface area contributed by atoms with Crippen LogP contribution in [-0.4, -0.2) is 19.7 Å². The van der Waals surface area contributed by atoms with Gasteiger partial charge in [-0.1, -0.05) is 38.8 Å². The molecule has 0 radical (unpaired) electrons. The molecule has 25 heavy (non-hydrogen) atoms. The van der Waals surface area contributed by atoms with E-state index in [0.29, 0.717) is 11.6 Å². The van der Waals surface area contributed by atoms with E-state index in [2.05, 4.69) is 46.4 Å². The van der Waals surface area contributed by atoms with E-state index in [4.69, 9.17) is 5.26 Å². The number of benzene rings is 1. The Morgan fingerprint density at radius 3 is 2.56 bits per heavy atom. The first-order valence-corrected chi connectivity index (χ1v) is 9.19. The number of aromatic nitrogens is 4. The number of anilines is 2. The Kier molecular flexibility index (Phi) is 5.41. The number of hydrogen-bond donors (Lipinski definition) is 1. The van der Waals surface area contributed by atoms with Gasteiger partial charge in [0.2, 0.25) is 0 Å². The Balaban J connectivity index is 1.82. The van der Waals surface area contributed by atoms with Crippen molar-refractivity contribution in [3.63, 3.8) is 0 Å². The first kappa shape index (κ1) is 17.1. The number of nitriles is 1. The maximum Gasteiger partial charge on any atom is 0.188 e. The van der Waals surface area contributed by atoms with E-state index in [1.165, 1.54) is 16.9 Å². The van der Waals surface area contributed by atoms with Gasteiger partial charge in [-0.05, 0) is 23.6 Å². The van der Waals surface area contributed by atoms with E-state index in [-0.39, 0.29) is 6.04 Å². The van der Waals surface area contributed by atoms with Gasteiger partial charge in [-0.3, -0.25) is 0 Å². The summed E-state index contributed by atoms with van der Waals surface area (Å²) in [7, 11) is 0. The zero-order valence-corrected chi connectivity index (χ0v) is 15.1. The fourth-order valence-electron chi connectivity index (χ4n) is 3.01. The van der Waals surface area contributed by atoms with E-state index < -0.39 is 0 Å². The number of hydrogen-bond acceptors (Lipinski definition) is 6. The molecule has 0 amide bonds. The van der Waals surface area contributed by atoms with Crippen molar-refractivity contribution in [1.82, 2.24) is 19.7 Å². The normalized spacial score (nSPS) is 12.1. The van der Waals surface area contributed by atoms with Crippen molar-refractivity contribution in [1.29, 1.82) is 5.26 Å². The Hall–Kier alpha value is -2.72. The highest BCUT2D eigenvalue weighted by atomic mass is 32.1. The average Bonchev–Trinajstić information content (AvgIpc) is 3.32. The summed E-state index contributed by atoms with van der Waals surface area (Å²) in [6, 6.07) is 10.5. The highest BCUT2D eigenvalue weighted by molar-refractivity contribution is 7.13. The third kappa shape index (κ3) is 3.86. The molecule has 0 aliphatic carbocycles. The molecule has 3 rings (SSSR count). The molecule has 1 unspecified atom stereocenters. The number of rotatable bonds is 7. The molecule has 1 aromatic carbocycles. The van der Waals surface area contributed by atoms with Crippen LogP contribution in [0, 0.1) is 17.2 Å². The zero-order valence-electron chi connectivity index (χ0n) is 14.3. The monoisotopic (exact) mass is 352 g/mol. The van der Waals surface area contributed by atoms with Crippen LogP contribution < -0.4 is 5.32 Å². The quantitative estimate of drug-likeness (QED) is 0.683. The summed E-state index contributed by atoms with van der Waals surface area (Å²) in [5, 5.41) is 18.9. The Morgan fingerprint density at radius 1 is 1.24 bits per heavy atom. The van der Waals surface area contributed by atoms with E-state index in [9.17, 15) is 0 Å². The van der Waals surface area contributed by atoms with Crippen LogP contribution in [-0.2, 0) is 0 Å². The standard InChI is InChI=1S/C18H20N6S/c1-3-13(4-2)17(24-12-20-11-21-24)14-5-7-15(8-6-14)22-18-23-16(9-19)10-25-18/h5-8,10-13,17H,3-4H2,1-2H3,(H,22,23). The average molecular weight is 352 g/mol. The van der Waals surface area contributed by atoms with Crippen molar-refractivity contribution < 1.29 is 0 Å². The van der Waals surface area contributed by atoms with Gasteiger partial charge in [-0.15, -0.1) is 11.3 Å². The Labute approximate surface area is 151 Å². The lowest BCUT2D eigenvalue weighted by molar-refractivity contribution is 0.332. The second kappa shape index (κ2) is 7.90. The van der Waals surface area contributed by atoms with Crippen LogP contribution in [0.1, 0.15) is 44.0 Å². The summed E-state index contributed by atoms with van der Waals surface area (Å²) < 4.78 is 1.94. The van der Waals surface area contributed by atoms with Gasteiger partial charge >= 0.3 is 0 Å². The zero-order chi connectivity index (χ0) is 17.6. The summed E-state index contributed by atoms with van der Waals surface area (Å²) in [5.41, 5.74) is 2.59. The molecule has 3 aromatic rings. The summed E-state index contributed by atoms with van der Waals surface area (Å²) in [4.78, 5) is 8.31. The molecule has 0 fully saturated rings. The van der Waals surface area contributed by atoms with Crippen LogP contribution in [0.3, 0.4) is 0 Å². The fraction of sp³-hybridized carbons (Fsp3) is 0.333. The van der Waals surface area contributed by atoms with E-state index in [1.807, 2.05) is 22.9 Å². The van der Waals surface area contributed by atoms with E-state index in [1.54, 1.807) is 18.0 Å². The van der Waals surface area contributed by atoms with Gasteiger partial charge < -0.3 is 5.32 Å². The molecule has 2 heterocycles. The summed E-state index contributed by atoms with van der Waals surface area (Å²) in [6.07, 6.45) is 5.53. The third-order valence-corrected chi connectivity index (χ3v) is 5.10. The molecule has 7 heteroatoms. The van der Waals surface area contributed by atoms with Gasteiger partial charge in [0.25, 0.3) is 0 Å². The summed E-state index contributed by atoms with van der Waals surface area (Å²) in [6.45, 7) is 4.42. The van der Waals surface area contributed by atoms with Gasteiger partial charge in [0.05, 0.1) is 6.04 Å². The maximum absolute atomic E-state index is 8.86. The molecule has 1 N–H and O–H groups in total. The van der Waals surface area contributed by atoms with Crippen molar-refractivity contribution in [2.45, 2.75) is 32.7 Å². The molecular formula is C18H20N6S. The first-order valence-electron chi connectivity index (χ1n) is 8.31. The molecule has 2 aromatic heterocycles. The highest BCUT2D eigenvalue weighted by Crippen LogP contribution is 2.31. The molecule has 0 spiro atoms. The minimum atomic E-state index is 0.177. The van der Waals surface area contributed by atoms with Crippen molar-refractivity contribution in [2.24, 2.45) is 5.92 Å². The van der Waals surface area contributed by atoms with E-state index >= 15 is 0 Å². The van der Waals surface area contributed by atoms with Gasteiger partial charge in [0.1, 0.15) is 18.7 Å². The summed E-state index contributed by atoms with van der Waals surface area (Å²) in [5.74, 6) is 0.498. The second-order valence-corrected chi connectivity index (χ2v) is 6.65. The minimum Gasteiger partial charge on any atom is -0.332 e. The number of nitrogens with zero attached hydrogens (tertiary/aromatic N) is 5. The van der Waals surface area contributed by atoms with Crippen LogP contribution in [0.5, 0.6) is 0 Å². The molecule has 6 nitrogen and oxygen atoms in total. The third-order valence-electron chi connectivity index (χ3n) is 4.34. The fourth-order valence-corrected chi connectivity index (χ4v) is 3.66. The van der Waals surface area contributed by atoms with Gasteiger partial charge in [-0.2, -0.15) is 10.4 Å². The molecule has 0 aliphatic heterocycles. The van der Waals surface area contributed by atoms with Crippen LogP contribution >= 0.6 is 11.3 Å². The van der Waals surface area contributed by atoms with Crippen LogP contribution in [0.4, 0.5) is 10.8 Å². The van der Waals surface area contributed by atoms with E-state index in [0.717, 1.165) is 23.7 Å². The number of thiazole rings is 1. The first-order chi connectivity index (χ1) is 12.2. The predicted octanol–water partition coefficient (Wildman–Crippen LogP) is 4.38. The lowest BCUT2D eigenvalue weighted by Gasteiger charge is -2.26. The largest absolute Gasteiger partial charge is 0.332 e. The Bertz CT molecular complexity index is 827. The minimum absolute atomic E-state index is 0.177. The lowest BCUT2D eigenvalue weighted by atomic mass is 9.89. The van der Waals surface area contributed by atoms with Crippen LogP contribution in [0.25, 0.3) is 0 Å². The van der Waals surface area contributed by atoms with Gasteiger partial charge in [0, 0.05) is 11.1 Å². The number of nitrogens with one attached hydrogen (secondary N) is 1. The smallest absolute Gasteiger partial charge is 0.188 e. The molecule has 0 bridgehead atoms. The van der Waals surface area contributed by atoms with Crippen LogP contribution in [0.2, 0.25) is 0 Å². The SMILES string of the molecule is CCC(CC)C(c1ccc(Nc2nc(C#N)cs2)cc1)n1cncn1. The van der Waals surface area contributed by atoms with Crippen LogP contribution in [0.15, 0.2) is 42.3 Å². The van der Waals surface area contributed by atoms with Crippen molar-refractivity contribution in [3.05, 3.63) is 53.6 Å². The lowest BCUT2D eigenvalue weighted by Crippen LogP contribution is -2.20. The molecular weight excluding hydrogens is 332 g/mol. The molecule has 0 saturated carbocycles. The second-order valence-electron chi connectivity index (χ2n) is 5.79. The van der Waals surface area contributed by atoms with Crippen molar-refractivity contribution >= 4 is 22.2 Å². The predicted molar refractivity (Wildman–Crippen MR) is 98.8 cm³/mol. The van der Waals surface area contributed by atoms with Crippen molar-refractivity contribution in [3.8, 4) is 6.07 Å². The molecule has 128 valence electrons. The van der Waals surface area contributed by atoms with Gasteiger partial charge in [-0.25, -0.2) is 14.6 Å². The molecule has 0 aliphatic rings. The van der Waals surface area contributed by atoms with Gasteiger partial charge in [0.15, 0.2) is 10.8 Å². The highest BCUT2D eigenvalue weighted by Gasteiger charge is 2.23. The topological polar surface area (TPSA) is 79.4 Å². The summed E-state index contributed by atoms with van der Waals surface area (Å²) >= 11 is 1.42. The Morgan fingerprint density at radius 2 is 2.00 bits per heavy atom. The molecule has 1 atom stereocenters. The maximum atomic E-state index is 8.86. The van der Waals surface area contributed by atoms with Crippen molar-refractivity contribution in [2.75, 3.05) is 5.32 Å². The molecule has 0 saturated heterocycles.